The molecule has 0 bridgehead atoms. The van der Waals surface area contributed by atoms with Crippen LogP contribution in [0, 0.1) is 6.92 Å². The van der Waals surface area contributed by atoms with Crippen LogP contribution in [0.5, 0.6) is 0 Å². The van der Waals surface area contributed by atoms with Crippen molar-refractivity contribution in [2.75, 3.05) is 13.1 Å². The number of nitrogens with zero attached hydrogens (tertiary/aromatic N) is 3. The highest BCUT2D eigenvalue weighted by atomic mass is 79.9. The topological polar surface area (TPSA) is 38.1 Å². The quantitative estimate of drug-likeness (QED) is 0.831. The monoisotopic (exact) mass is 355 g/mol. The largest absolute Gasteiger partial charge is 0.297 e. The van der Waals surface area contributed by atoms with Gasteiger partial charge in [0.25, 0.3) is 0 Å². The Balaban J connectivity index is 2.14. The molecular weight excluding hydrogens is 330 g/mol. The first kappa shape index (κ1) is 16.7. The van der Waals surface area contributed by atoms with Gasteiger partial charge in [-0.3, -0.25) is 14.4 Å². The lowest BCUT2D eigenvalue weighted by Gasteiger charge is -2.36. The van der Waals surface area contributed by atoms with Gasteiger partial charge in [-0.1, -0.05) is 12.8 Å². The van der Waals surface area contributed by atoms with Crippen molar-refractivity contribution in [2.45, 2.75) is 58.4 Å². The molecule has 118 valence electrons. The van der Waals surface area contributed by atoms with Gasteiger partial charge >= 0.3 is 0 Å². The molecule has 1 aliphatic heterocycles. The summed E-state index contributed by atoms with van der Waals surface area (Å²) in [6, 6.07) is 0. The van der Waals surface area contributed by atoms with Crippen LogP contribution in [0.4, 0.5) is 0 Å². The molecule has 2 heterocycles. The van der Waals surface area contributed by atoms with E-state index in [1.165, 1.54) is 25.7 Å². The summed E-state index contributed by atoms with van der Waals surface area (Å²) in [5.41, 5.74) is 1.51. The lowest BCUT2D eigenvalue weighted by atomic mass is 9.92. The van der Waals surface area contributed by atoms with Gasteiger partial charge in [-0.15, -0.1) is 0 Å². The second-order valence-corrected chi connectivity index (χ2v) is 7.32. The molecule has 0 unspecified atom stereocenters. The number of aromatic nitrogens is 2. The van der Waals surface area contributed by atoms with Crippen LogP contribution in [0.15, 0.2) is 4.47 Å². The van der Waals surface area contributed by atoms with Crippen LogP contribution >= 0.6 is 15.9 Å². The lowest BCUT2D eigenvalue weighted by Crippen LogP contribution is -2.51. The number of carbonyl (C=O) groups is 1. The first-order valence-corrected chi connectivity index (χ1v) is 8.59. The second kappa shape index (κ2) is 6.61. The summed E-state index contributed by atoms with van der Waals surface area (Å²) in [6.07, 6.45) is 5.40. The zero-order valence-corrected chi connectivity index (χ0v) is 15.2. The van der Waals surface area contributed by atoms with Crippen LogP contribution in [-0.4, -0.2) is 39.1 Å². The highest BCUT2D eigenvalue weighted by Gasteiger charge is 2.35. The summed E-state index contributed by atoms with van der Waals surface area (Å²) >= 11 is 3.56. The highest BCUT2D eigenvalue weighted by molar-refractivity contribution is 9.10. The van der Waals surface area contributed by atoms with Gasteiger partial charge in [0.15, 0.2) is 5.78 Å². The standard InChI is InChI=1S/C16H26BrN3O/c1-12-15(17)13(19(4)18-12)11-14(21)16(2,3)20-9-7-5-6-8-10-20/h5-11H2,1-4H3. The molecule has 1 fully saturated rings. The summed E-state index contributed by atoms with van der Waals surface area (Å²) in [5.74, 6) is 0.271. The minimum atomic E-state index is -0.401. The molecule has 0 N–H and O–H groups in total. The van der Waals surface area contributed by atoms with E-state index in [1.54, 1.807) is 0 Å². The third kappa shape index (κ3) is 3.57. The van der Waals surface area contributed by atoms with Crippen LogP contribution in [0.1, 0.15) is 50.9 Å². The Labute approximate surface area is 136 Å². The minimum absolute atomic E-state index is 0.271. The van der Waals surface area contributed by atoms with Crippen molar-refractivity contribution in [3.8, 4) is 0 Å². The Morgan fingerprint density at radius 1 is 1.24 bits per heavy atom. The van der Waals surface area contributed by atoms with Crippen molar-refractivity contribution >= 4 is 21.7 Å². The lowest BCUT2D eigenvalue weighted by molar-refractivity contribution is -0.128. The third-order valence-corrected chi connectivity index (χ3v) is 5.70. The van der Waals surface area contributed by atoms with Crippen molar-refractivity contribution in [3.05, 3.63) is 15.9 Å². The van der Waals surface area contributed by atoms with Crippen LogP contribution in [0.3, 0.4) is 0 Å². The van der Waals surface area contributed by atoms with Gasteiger partial charge in [0, 0.05) is 7.05 Å². The van der Waals surface area contributed by atoms with E-state index < -0.39 is 5.54 Å². The van der Waals surface area contributed by atoms with E-state index in [0.717, 1.165) is 29.0 Å². The number of Topliss-reactive ketones (excluding diaryl/α,β-unsaturated/α-hetero) is 1. The van der Waals surface area contributed by atoms with E-state index in [2.05, 4.69) is 39.8 Å². The average molecular weight is 356 g/mol. The van der Waals surface area contributed by atoms with Gasteiger partial charge in [-0.05, 0) is 62.6 Å². The molecule has 1 saturated heterocycles. The van der Waals surface area contributed by atoms with Crippen LogP contribution < -0.4 is 0 Å². The maximum Gasteiger partial charge on any atom is 0.158 e. The van der Waals surface area contributed by atoms with Crippen molar-refractivity contribution in [1.29, 1.82) is 0 Å². The molecule has 0 saturated carbocycles. The van der Waals surface area contributed by atoms with Crippen molar-refractivity contribution < 1.29 is 4.79 Å². The molecule has 0 aromatic carbocycles. The number of hydrogen-bond donors (Lipinski definition) is 0. The molecular formula is C16H26BrN3O. The van der Waals surface area contributed by atoms with Crippen molar-refractivity contribution in [2.24, 2.45) is 7.05 Å². The summed E-state index contributed by atoms with van der Waals surface area (Å²) in [4.78, 5) is 15.2. The molecule has 4 nitrogen and oxygen atoms in total. The first-order valence-electron chi connectivity index (χ1n) is 7.80. The van der Waals surface area contributed by atoms with Crippen molar-refractivity contribution in [3.63, 3.8) is 0 Å². The van der Waals surface area contributed by atoms with E-state index in [4.69, 9.17) is 0 Å². The second-order valence-electron chi connectivity index (χ2n) is 6.53. The molecule has 2 rings (SSSR count). The minimum Gasteiger partial charge on any atom is -0.297 e. The molecule has 0 spiro atoms. The molecule has 0 atom stereocenters. The van der Waals surface area contributed by atoms with Crippen LogP contribution in [0.2, 0.25) is 0 Å². The average Bonchev–Trinajstić information content (AvgIpc) is 2.68. The summed E-state index contributed by atoms with van der Waals surface area (Å²) in [6.45, 7) is 8.15. The van der Waals surface area contributed by atoms with Gasteiger partial charge in [-0.2, -0.15) is 5.10 Å². The Hall–Kier alpha value is -0.680. The number of rotatable bonds is 4. The molecule has 0 aliphatic carbocycles. The Morgan fingerprint density at radius 3 is 2.29 bits per heavy atom. The fourth-order valence-corrected chi connectivity index (χ4v) is 3.52. The maximum atomic E-state index is 12.9. The third-order valence-electron chi connectivity index (χ3n) is 4.67. The number of aryl methyl sites for hydroxylation is 2. The van der Waals surface area contributed by atoms with Gasteiger partial charge in [0.05, 0.1) is 27.8 Å². The van der Waals surface area contributed by atoms with Gasteiger partial charge in [0.2, 0.25) is 0 Å². The first-order chi connectivity index (χ1) is 9.84. The zero-order chi connectivity index (χ0) is 15.6. The predicted molar refractivity (Wildman–Crippen MR) is 88.5 cm³/mol. The number of halogens is 1. The number of carbonyl (C=O) groups excluding carboxylic acids is 1. The summed E-state index contributed by atoms with van der Waals surface area (Å²) < 4.78 is 2.78. The van der Waals surface area contributed by atoms with Gasteiger partial charge < -0.3 is 0 Å². The van der Waals surface area contributed by atoms with E-state index in [9.17, 15) is 4.79 Å². The van der Waals surface area contributed by atoms with Gasteiger partial charge in [-0.25, -0.2) is 0 Å². The Kier molecular flexibility index (Phi) is 5.25. The van der Waals surface area contributed by atoms with Gasteiger partial charge in [0.1, 0.15) is 0 Å². The number of hydrogen-bond acceptors (Lipinski definition) is 3. The predicted octanol–water partition coefficient (Wildman–Crippen LogP) is 3.26. The molecule has 1 aromatic heterocycles. The summed E-state index contributed by atoms with van der Waals surface area (Å²) in [7, 11) is 1.90. The molecule has 1 aromatic rings. The summed E-state index contributed by atoms with van der Waals surface area (Å²) in [5, 5.41) is 4.38. The maximum absolute atomic E-state index is 12.9. The zero-order valence-electron chi connectivity index (χ0n) is 13.6. The van der Waals surface area contributed by atoms with Crippen LogP contribution in [-0.2, 0) is 18.3 Å². The number of ketones is 1. The van der Waals surface area contributed by atoms with E-state index in [-0.39, 0.29) is 5.78 Å². The molecule has 0 radical (unpaired) electrons. The SMILES string of the molecule is Cc1nn(C)c(CC(=O)C(C)(C)N2CCCCCC2)c1Br. The Bertz CT molecular complexity index is 514. The molecule has 1 aliphatic rings. The highest BCUT2D eigenvalue weighted by Crippen LogP contribution is 2.26. The van der Waals surface area contributed by atoms with Crippen molar-refractivity contribution in [1.82, 2.24) is 14.7 Å². The fourth-order valence-electron chi connectivity index (χ4n) is 3.05. The Morgan fingerprint density at radius 2 is 1.81 bits per heavy atom. The molecule has 0 amide bonds. The van der Waals surface area contributed by atoms with E-state index in [0.29, 0.717) is 6.42 Å². The smallest absolute Gasteiger partial charge is 0.158 e. The molecule has 5 heteroatoms. The molecule has 21 heavy (non-hydrogen) atoms. The van der Waals surface area contributed by atoms with E-state index >= 15 is 0 Å². The number of likely N-dealkylation sites (tertiary alicyclic amines) is 1. The van der Waals surface area contributed by atoms with Crippen LogP contribution in [0.25, 0.3) is 0 Å². The fraction of sp³-hybridized carbons (Fsp3) is 0.750. The van der Waals surface area contributed by atoms with E-state index in [1.807, 2.05) is 18.7 Å². The normalized spacial score (nSPS) is 17.8.